The van der Waals surface area contributed by atoms with E-state index in [1.807, 2.05) is 12.1 Å². The van der Waals surface area contributed by atoms with E-state index in [-0.39, 0.29) is 18.9 Å². The lowest BCUT2D eigenvalue weighted by atomic mass is 9.92. The van der Waals surface area contributed by atoms with Crippen molar-refractivity contribution in [2.45, 2.75) is 24.4 Å². The van der Waals surface area contributed by atoms with Gasteiger partial charge in [-0.05, 0) is 0 Å². The molecule has 2 aliphatic rings. The van der Waals surface area contributed by atoms with Gasteiger partial charge in [-0.2, -0.15) is 10.5 Å². The molecule has 0 aromatic heterocycles. The van der Waals surface area contributed by atoms with Crippen molar-refractivity contribution in [3.63, 3.8) is 0 Å². The molecule has 70 valence electrons. The first kappa shape index (κ1) is 8.74. The SMILES string of the molecule is N#CC1(C#N)CC=C[C@H]2CC(=O)ON21. The van der Waals surface area contributed by atoms with Crippen LogP contribution in [-0.2, 0) is 9.63 Å². The molecule has 5 heteroatoms. The van der Waals surface area contributed by atoms with Crippen molar-refractivity contribution < 1.29 is 9.63 Å². The highest BCUT2D eigenvalue weighted by Crippen LogP contribution is 2.33. The summed E-state index contributed by atoms with van der Waals surface area (Å²) in [4.78, 5) is 15.9. The predicted molar refractivity (Wildman–Crippen MR) is 44.1 cm³/mol. The number of fused-ring (bicyclic) bond motifs is 1. The maximum Gasteiger partial charge on any atom is 0.327 e. The molecule has 0 amide bonds. The first-order valence-electron chi connectivity index (χ1n) is 4.21. The van der Waals surface area contributed by atoms with Gasteiger partial charge in [0.1, 0.15) is 12.1 Å². The highest BCUT2D eigenvalue weighted by molar-refractivity contribution is 5.72. The van der Waals surface area contributed by atoms with Crippen LogP contribution >= 0.6 is 0 Å². The second kappa shape index (κ2) is 2.83. The Labute approximate surface area is 80.7 Å². The number of hydroxylamine groups is 2. The molecule has 2 heterocycles. The van der Waals surface area contributed by atoms with E-state index >= 15 is 0 Å². The molecule has 0 spiro atoms. The average molecular weight is 189 g/mol. The Bertz CT molecular complexity index is 374. The molecule has 2 aliphatic heterocycles. The minimum absolute atomic E-state index is 0.210. The van der Waals surface area contributed by atoms with Crippen LogP contribution in [0.3, 0.4) is 0 Å². The summed E-state index contributed by atoms with van der Waals surface area (Å²) < 4.78 is 0. The lowest BCUT2D eigenvalue weighted by Crippen LogP contribution is -2.49. The molecular weight excluding hydrogens is 182 g/mol. The summed E-state index contributed by atoms with van der Waals surface area (Å²) in [5, 5.41) is 19.1. The van der Waals surface area contributed by atoms with Gasteiger partial charge in [0.05, 0.1) is 12.5 Å². The quantitative estimate of drug-likeness (QED) is 0.511. The first-order valence-corrected chi connectivity index (χ1v) is 4.21. The lowest BCUT2D eigenvalue weighted by molar-refractivity contribution is -0.188. The second-order valence-corrected chi connectivity index (χ2v) is 3.28. The fourth-order valence-electron chi connectivity index (χ4n) is 1.68. The van der Waals surface area contributed by atoms with Crippen molar-refractivity contribution in [2.75, 3.05) is 0 Å². The Morgan fingerprint density at radius 2 is 2.29 bits per heavy atom. The molecule has 0 aliphatic carbocycles. The van der Waals surface area contributed by atoms with E-state index in [1.165, 1.54) is 5.06 Å². The first-order chi connectivity index (χ1) is 6.72. The summed E-state index contributed by atoms with van der Waals surface area (Å²) in [5.74, 6) is -0.392. The zero-order valence-electron chi connectivity index (χ0n) is 7.30. The number of carbonyl (C=O) groups is 1. The van der Waals surface area contributed by atoms with Crippen molar-refractivity contribution in [3.8, 4) is 12.1 Å². The summed E-state index contributed by atoms with van der Waals surface area (Å²) in [6.07, 6.45) is 4.01. The van der Waals surface area contributed by atoms with Gasteiger partial charge < -0.3 is 4.84 Å². The molecule has 1 saturated heterocycles. The van der Waals surface area contributed by atoms with Crippen LogP contribution in [0, 0.1) is 22.7 Å². The fraction of sp³-hybridized carbons (Fsp3) is 0.444. The van der Waals surface area contributed by atoms with E-state index in [1.54, 1.807) is 12.2 Å². The third-order valence-electron chi connectivity index (χ3n) is 2.39. The molecule has 0 aromatic carbocycles. The van der Waals surface area contributed by atoms with Crippen LogP contribution in [0.1, 0.15) is 12.8 Å². The van der Waals surface area contributed by atoms with E-state index in [0.29, 0.717) is 0 Å². The molecule has 0 saturated carbocycles. The highest BCUT2D eigenvalue weighted by atomic mass is 16.7. The van der Waals surface area contributed by atoms with Crippen LogP contribution in [0.4, 0.5) is 0 Å². The summed E-state index contributed by atoms with van der Waals surface area (Å²) in [6, 6.07) is 3.52. The van der Waals surface area contributed by atoms with Crippen molar-refractivity contribution in [1.29, 1.82) is 10.5 Å². The Kier molecular flexibility index (Phi) is 1.77. The van der Waals surface area contributed by atoms with Crippen LogP contribution in [0.5, 0.6) is 0 Å². The Morgan fingerprint density at radius 3 is 2.93 bits per heavy atom. The minimum Gasteiger partial charge on any atom is -0.365 e. The smallest absolute Gasteiger partial charge is 0.327 e. The van der Waals surface area contributed by atoms with Gasteiger partial charge >= 0.3 is 5.97 Å². The maximum absolute atomic E-state index is 11.0. The third kappa shape index (κ3) is 1.00. The molecule has 1 fully saturated rings. The molecule has 0 bridgehead atoms. The molecule has 1 atom stereocenters. The summed E-state index contributed by atoms with van der Waals surface area (Å²) >= 11 is 0. The van der Waals surface area contributed by atoms with Crippen LogP contribution in [-0.4, -0.2) is 22.6 Å². The van der Waals surface area contributed by atoms with E-state index in [2.05, 4.69) is 0 Å². The fourth-order valence-corrected chi connectivity index (χ4v) is 1.68. The largest absolute Gasteiger partial charge is 0.365 e. The molecule has 0 unspecified atom stereocenters. The number of carbonyl (C=O) groups excluding carboxylic acids is 1. The predicted octanol–water partition coefficient (Wildman–Crippen LogP) is 0.265. The van der Waals surface area contributed by atoms with Gasteiger partial charge in [0.2, 0.25) is 5.54 Å². The van der Waals surface area contributed by atoms with Crippen molar-refractivity contribution in [2.24, 2.45) is 0 Å². The van der Waals surface area contributed by atoms with Crippen molar-refractivity contribution in [1.82, 2.24) is 5.06 Å². The van der Waals surface area contributed by atoms with Crippen molar-refractivity contribution >= 4 is 5.97 Å². The zero-order valence-corrected chi connectivity index (χ0v) is 7.30. The van der Waals surface area contributed by atoms with Crippen LogP contribution < -0.4 is 0 Å². The van der Waals surface area contributed by atoms with Crippen LogP contribution in [0.15, 0.2) is 12.2 Å². The number of rotatable bonds is 0. The topological polar surface area (TPSA) is 77.1 Å². The Balaban J connectivity index is 2.40. The summed E-state index contributed by atoms with van der Waals surface area (Å²) in [7, 11) is 0. The van der Waals surface area contributed by atoms with Gasteiger partial charge in [-0.3, -0.25) is 4.79 Å². The van der Waals surface area contributed by atoms with Gasteiger partial charge in [0.15, 0.2) is 0 Å². The second-order valence-electron chi connectivity index (χ2n) is 3.28. The Morgan fingerprint density at radius 1 is 1.57 bits per heavy atom. The van der Waals surface area contributed by atoms with E-state index < -0.39 is 11.5 Å². The molecule has 0 aromatic rings. The van der Waals surface area contributed by atoms with Gasteiger partial charge in [-0.1, -0.05) is 17.2 Å². The molecule has 0 radical (unpaired) electrons. The molecule has 5 nitrogen and oxygen atoms in total. The number of hydrogen-bond donors (Lipinski definition) is 0. The number of nitrogens with zero attached hydrogens (tertiary/aromatic N) is 3. The normalized spacial score (nSPS) is 28.7. The number of nitriles is 2. The monoisotopic (exact) mass is 189 g/mol. The molecule has 0 N–H and O–H groups in total. The van der Waals surface area contributed by atoms with Gasteiger partial charge in [0.25, 0.3) is 0 Å². The molecule has 2 rings (SSSR count). The lowest BCUT2D eigenvalue weighted by Gasteiger charge is -2.32. The number of hydrogen-bond acceptors (Lipinski definition) is 5. The van der Waals surface area contributed by atoms with Crippen molar-refractivity contribution in [3.05, 3.63) is 12.2 Å². The van der Waals surface area contributed by atoms with Crippen LogP contribution in [0.25, 0.3) is 0 Å². The van der Waals surface area contributed by atoms with E-state index in [4.69, 9.17) is 15.4 Å². The standard InChI is InChI=1S/C9H7N3O2/c10-5-9(6-11)3-1-2-7-4-8(13)14-12(7)9/h1-2,7H,3-4H2/t7-/m0/s1. The van der Waals surface area contributed by atoms with Gasteiger partial charge in [0, 0.05) is 6.42 Å². The molecular formula is C9H7N3O2. The summed E-state index contributed by atoms with van der Waals surface area (Å²) in [6.45, 7) is 0. The minimum atomic E-state index is -1.34. The van der Waals surface area contributed by atoms with Gasteiger partial charge in [-0.15, -0.1) is 0 Å². The van der Waals surface area contributed by atoms with Crippen LogP contribution in [0.2, 0.25) is 0 Å². The van der Waals surface area contributed by atoms with Gasteiger partial charge in [-0.25, -0.2) is 0 Å². The average Bonchev–Trinajstić information content (AvgIpc) is 2.58. The summed E-state index contributed by atoms with van der Waals surface area (Å²) in [5.41, 5.74) is -1.34. The Hall–Kier alpha value is -1.85. The zero-order chi connectivity index (χ0) is 10.2. The third-order valence-corrected chi connectivity index (χ3v) is 2.39. The van der Waals surface area contributed by atoms with E-state index in [0.717, 1.165) is 0 Å². The molecule has 14 heavy (non-hydrogen) atoms. The van der Waals surface area contributed by atoms with E-state index in [9.17, 15) is 4.79 Å². The highest BCUT2D eigenvalue weighted by Gasteiger charge is 2.49. The maximum atomic E-state index is 11.0.